The van der Waals surface area contributed by atoms with Crippen molar-refractivity contribution in [3.8, 4) is 0 Å². The molecular formula is C18H14OP. The third-order valence-electron chi connectivity index (χ3n) is 3.22. The zero-order valence-corrected chi connectivity index (χ0v) is 11.8. The summed E-state index contributed by atoms with van der Waals surface area (Å²) in [5.41, 5.74) is 1.13. The van der Waals surface area contributed by atoms with Gasteiger partial charge in [-0.2, -0.15) is 0 Å². The molecule has 5 radical (unpaired) electrons. The fourth-order valence-corrected chi connectivity index (χ4v) is 4.72. The van der Waals surface area contributed by atoms with Gasteiger partial charge in [0.2, 0.25) is 0 Å². The minimum atomic E-state index is -0.667. The van der Waals surface area contributed by atoms with Crippen molar-refractivity contribution in [3.63, 3.8) is 0 Å². The molecule has 1 nitrogen and oxygen atoms in total. The van der Waals surface area contributed by atoms with Crippen LogP contribution in [0.2, 0.25) is 0 Å². The quantitative estimate of drug-likeness (QED) is 0.620. The predicted molar refractivity (Wildman–Crippen MR) is 84.5 cm³/mol. The maximum absolute atomic E-state index is 11.3. The van der Waals surface area contributed by atoms with Gasteiger partial charge in [-0.15, -0.1) is 0 Å². The van der Waals surface area contributed by atoms with E-state index < -0.39 is 7.92 Å². The van der Waals surface area contributed by atoms with Gasteiger partial charge in [0.05, 0.1) is 5.92 Å². The largest absolute Gasteiger partial charge is 0.303 e. The van der Waals surface area contributed by atoms with Crippen molar-refractivity contribution < 1.29 is 4.79 Å². The smallest absolute Gasteiger partial charge is 0.128 e. The Labute approximate surface area is 121 Å². The average molecular weight is 277 g/mol. The molecule has 2 aromatic carbocycles. The van der Waals surface area contributed by atoms with Crippen molar-refractivity contribution in [1.29, 1.82) is 0 Å². The van der Waals surface area contributed by atoms with Crippen molar-refractivity contribution in [3.05, 3.63) is 91.5 Å². The minimum Gasteiger partial charge on any atom is -0.303 e. The van der Waals surface area contributed by atoms with Crippen molar-refractivity contribution in [2.24, 2.45) is 0 Å². The zero-order valence-electron chi connectivity index (χ0n) is 10.9. The molecule has 0 N–H and O–H groups in total. The van der Waals surface area contributed by atoms with Crippen LogP contribution >= 0.6 is 7.92 Å². The first-order valence-corrected chi connectivity index (χ1v) is 7.85. The van der Waals surface area contributed by atoms with E-state index in [1.54, 1.807) is 0 Å². The van der Waals surface area contributed by atoms with Crippen LogP contribution in [0.3, 0.4) is 0 Å². The Bertz CT molecular complexity index is 513. The molecule has 0 saturated heterocycles. The van der Waals surface area contributed by atoms with Gasteiger partial charge in [0.25, 0.3) is 0 Å². The summed E-state index contributed by atoms with van der Waals surface area (Å²) in [5.74, 6) is 0.795. The molecule has 0 atom stereocenters. The van der Waals surface area contributed by atoms with Crippen LogP contribution in [0, 0.1) is 30.8 Å². The molecule has 1 fully saturated rings. The topological polar surface area (TPSA) is 17.1 Å². The number of hydrogen-bond donors (Lipinski definition) is 0. The highest BCUT2D eigenvalue weighted by molar-refractivity contribution is 7.76. The Hall–Kier alpha value is -1.46. The molecule has 20 heavy (non-hydrogen) atoms. The Morgan fingerprint density at radius 1 is 0.750 bits per heavy atom. The van der Waals surface area contributed by atoms with E-state index in [1.165, 1.54) is 10.6 Å². The van der Waals surface area contributed by atoms with E-state index >= 15 is 0 Å². The summed E-state index contributed by atoms with van der Waals surface area (Å²) < 4.78 is 0. The van der Waals surface area contributed by atoms with Crippen molar-refractivity contribution in [1.82, 2.24) is 0 Å². The van der Waals surface area contributed by atoms with E-state index in [0.717, 1.165) is 17.9 Å². The van der Waals surface area contributed by atoms with Gasteiger partial charge in [-0.1, -0.05) is 60.7 Å². The lowest BCUT2D eigenvalue weighted by atomic mass is 10.1. The van der Waals surface area contributed by atoms with E-state index in [9.17, 15) is 4.79 Å². The highest BCUT2D eigenvalue weighted by Gasteiger charge is 2.36. The Kier molecular flexibility index (Phi) is 4.28. The second kappa shape index (κ2) is 6.33. The van der Waals surface area contributed by atoms with Gasteiger partial charge in [0.15, 0.2) is 0 Å². The van der Waals surface area contributed by atoms with Gasteiger partial charge in [-0.05, 0) is 37.8 Å². The molecule has 0 spiro atoms. The lowest BCUT2D eigenvalue weighted by Gasteiger charge is -2.26. The first kappa shape index (κ1) is 13.5. The molecule has 2 heteroatoms. The lowest BCUT2D eigenvalue weighted by Crippen LogP contribution is -2.19. The first-order chi connectivity index (χ1) is 9.90. The zero-order chi connectivity index (χ0) is 13.8. The average Bonchev–Trinajstić information content (AvgIpc) is 2.98. The fourth-order valence-electron chi connectivity index (χ4n) is 2.31. The van der Waals surface area contributed by atoms with Crippen molar-refractivity contribution >= 4 is 24.8 Å². The van der Waals surface area contributed by atoms with E-state index in [2.05, 4.69) is 55.0 Å². The van der Waals surface area contributed by atoms with Crippen LogP contribution < -0.4 is 10.6 Å². The summed E-state index contributed by atoms with van der Waals surface area (Å²) in [6.45, 7) is 0. The normalized spacial score (nSPS) is 16.6. The summed E-state index contributed by atoms with van der Waals surface area (Å²) in [6, 6.07) is 20.8. The molecule has 3 rings (SSSR count). The van der Waals surface area contributed by atoms with E-state index in [1.807, 2.05) is 25.0 Å². The number of rotatable bonds is 4. The van der Waals surface area contributed by atoms with Crippen molar-refractivity contribution in [2.75, 3.05) is 0 Å². The van der Waals surface area contributed by atoms with Gasteiger partial charge in [-0.3, -0.25) is 0 Å². The number of aldehydes is 1. The maximum Gasteiger partial charge on any atom is 0.128 e. The summed E-state index contributed by atoms with van der Waals surface area (Å²) in [7, 11) is -0.667. The molecule has 1 aliphatic carbocycles. The molecule has 0 unspecified atom stereocenters. The van der Waals surface area contributed by atoms with Crippen LogP contribution in [-0.2, 0) is 4.79 Å². The second-order valence-corrected chi connectivity index (χ2v) is 6.68. The number of carbonyl (C=O) groups is 1. The summed E-state index contributed by atoms with van der Waals surface area (Å²) in [5, 5.41) is 2.53. The highest BCUT2D eigenvalue weighted by atomic mass is 31.1. The van der Waals surface area contributed by atoms with Gasteiger partial charge in [0.1, 0.15) is 6.29 Å². The Balaban J connectivity index is 2.02. The van der Waals surface area contributed by atoms with Crippen LogP contribution in [0.15, 0.2) is 60.7 Å². The van der Waals surface area contributed by atoms with E-state index in [0.29, 0.717) is 0 Å². The third-order valence-corrected chi connectivity index (χ3v) is 5.74. The SMILES string of the molecule is O=C[C]1[CH][CH][CH][C]1P(c1ccccc1)c1ccccc1. The molecule has 2 aromatic rings. The summed E-state index contributed by atoms with van der Waals surface area (Å²) in [6.07, 6.45) is 6.87. The highest BCUT2D eigenvalue weighted by Crippen LogP contribution is 2.55. The molecular weight excluding hydrogens is 263 g/mol. The van der Waals surface area contributed by atoms with Gasteiger partial charge in [-0.25, -0.2) is 0 Å². The minimum absolute atomic E-state index is 0.667. The third kappa shape index (κ3) is 2.69. The Morgan fingerprint density at radius 3 is 1.80 bits per heavy atom. The number of hydrogen-bond acceptors (Lipinski definition) is 1. The first-order valence-electron chi connectivity index (χ1n) is 6.51. The fraction of sp³-hybridized carbons (Fsp3) is 0. The lowest BCUT2D eigenvalue weighted by molar-refractivity contribution is -0.105. The van der Waals surface area contributed by atoms with Crippen LogP contribution in [0.4, 0.5) is 0 Å². The van der Waals surface area contributed by atoms with Crippen LogP contribution in [-0.4, -0.2) is 6.29 Å². The number of benzene rings is 2. The van der Waals surface area contributed by atoms with Crippen molar-refractivity contribution in [2.45, 2.75) is 0 Å². The molecule has 0 aliphatic heterocycles. The maximum atomic E-state index is 11.3. The van der Waals surface area contributed by atoms with Gasteiger partial charge < -0.3 is 4.79 Å². The molecule has 0 bridgehead atoms. The summed E-state index contributed by atoms with van der Waals surface area (Å²) >= 11 is 0. The molecule has 0 aromatic heterocycles. The number of carbonyl (C=O) groups excluding carboxylic acids is 1. The van der Waals surface area contributed by atoms with Gasteiger partial charge in [0, 0.05) is 5.66 Å². The van der Waals surface area contributed by atoms with E-state index in [-0.39, 0.29) is 0 Å². The van der Waals surface area contributed by atoms with Crippen LogP contribution in [0.5, 0.6) is 0 Å². The predicted octanol–water partition coefficient (Wildman–Crippen LogP) is 3.05. The molecule has 1 saturated carbocycles. The standard InChI is InChI=1S/C18H14OP/c19-14-15-8-7-13-18(15)20(16-9-3-1-4-10-16)17-11-5-2-6-12-17/h1-14H. The molecule has 97 valence electrons. The van der Waals surface area contributed by atoms with E-state index in [4.69, 9.17) is 0 Å². The monoisotopic (exact) mass is 277 g/mol. The second-order valence-electron chi connectivity index (χ2n) is 4.49. The Morgan fingerprint density at radius 2 is 1.30 bits per heavy atom. The van der Waals surface area contributed by atoms with Crippen LogP contribution in [0.25, 0.3) is 0 Å². The molecule has 1 aliphatic rings. The van der Waals surface area contributed by atoms with Crippen LogP contribution in [0.1, 0.15) is 0 Å². The summed E-state index contributed by atoms with van der Waals surface area (Å²) in [4.78, 5) is 11.3. The molecule has 0 heterocycles. The van der Waals surface area contributed by atoms with Gasteiger partial charge >= 0.3 is 0 Å². The molecule has 0 amide bonds.